The van der Waals surface area contributed by atoms with E-state index in [-0.39, 0.29) is 12.5 Å². The Morgan fingerprint density at radius 1 is 1.35 bits per heavy atom. The molecule has 1 atom stereocenters. The molecule has 17 heavy (non-hydrogen) atoms. The summed E-state index contributed by atoms with van der Waals surface area (Å²) in [5.41, 5.74) is 4.91. The van der Waals surface area contributed by atoms with Crippen LogP contribution in [0.2, 0.25) is 0 Å². The SMILES string of the molecule is NC(=O)C(CC(=O)NC1CC1)NCC(F)(F)F. The molecule has 5 nitrogen and oxygen atoms in total. The van der Waals surface area contributed by atoms with Crippen LogP contribution in [-0.2, 0) is 9.59 Å². The fourth-order valence-electron chi connectivity index (χ4n) is 1.21. The molecule has 1 saturated carbocycles. The van der Waals surface area contributed by atoms with Gasteiger partial charge in [0.2, 0.25) is 11.8 Å². The number of halogens is 3. The molecule has 1 rings (SSSR count). The van der Waals surface area contributed by atoms with E-state index < -0.39 is 30.6 Å². The van der Waals surface area contributed by atoms with E-state index in [1.165, 1.54) is 0 Å². The summed E-state index contributed by atoms with van der Waals surface area (Å²) in [4.78, 5) is 22.2. The molecule has 0 aromatic rings. The first kappa shape index (κ1) is 13.8. The van der Waals surface area contributed by atoms with Gasteiger partial charge in [0.25, 0.3) is 0 Å². The number of carbonyl (C=O) groups excluding carboxylic acids is 2. The van der Waals surface area contributed by atoms with Crippen molar-refractivity contribution in [2.45, 2.75) is 37.5 Å². The lowest BCUT2D eigenvalue weighted by Gasteiger charge is -2.16. The molecule has 1 fully saturated rings. The molecule has 0 spiro atoms. The quantitative estimate of drug-likeness (QED) is 0.605. The summed E-state index contributed by atoms with van der Waals surface area (Å²) in [5.74, 6) is -1.44. The third kappa shape index (κ3) is 6.10. The third-order valence-electron chi connectivity index (χ3n) is 2.22. The summed E-state index contributed by atoms with van der Waals surface area (Å²) < 4.78 is 35.8. The molecule has 1 unspecified atom stereocenters. The summed E-state index contributed by atoms with van der Waals surface area (Å²) in [7, 11) is 0. The molecule has 0 saturated heterocycles. The Morgan fingerprint density at radius 2 is 1.94 bits per heavy atom. The molecule has 2 amide bonds. The Labute approximate surface area is 95.9 Å². The summed E-state index contributed by atoms with van der Waals surface area (Å²) in [5, 5.41) is 4.49. The van der Waals surface area contributed by atoms with Crippen LogP contribution >= 0.6 is 0 Å². The molecule has 0 aromatic heterocycles. The maximum absolute atomic E-state index is 11.9. The zero-order valence-corrected chi connectivity index (χ0v) is 9.01. The van der Waals surface area contributed by atoms with Crippen molar-refractivity contribution in [3.63, 3.8) is 0 Å². The van der Waals surface area contributed by atoms with E-state index in [0.717, 1.165) is 12.8 Å². The van der Waals surface area contributed by atoms with Crippen LogP contribution in [0.4, 0.5) is 13.2 Å². The van der Waals surface area contributed by atoms with E-state index >= 15 is 0 Å². The normalized spacial score (nSPS) is 17.6. The van der Waals surface area contributed by atoms with Crippen LogP contribution < -0.4 is 16.4 Å². The minimum Gasteiger partial charge on any atom is -0.368 e. The fourth-order valence-corrected chi connectivity index (χ4v) is 1.21. The average Bonchev–Trinajstić information content (AvgIpc) is 2.93. The predicted molar refractivity (Wildman–Crippen MR) is 52.8 cm³/mol. The van der Waals surface area contributed by atoms with Crippen LogP contribution in [0.1, 0.15) is 19.3 Å². The standard InChI is InChI=1S/C9H14F3N3O2/c10-9(11,12)4-14-6(8(13)17)3-7(16)15-5-1-2-5/h5-6,14H,1-4H2,(H2,13,17)(H,15,16). The molecular weight excluding hydrogens is 239 g/mol. The monoisotopic (exact) mass is 253 g/mol. The molecule has 0 aromatic carbocycles. The van der Waals surface area contributed by atoms with Gasteiger partial charge in [0.05, 0.1) is 19.0 Å². The van der Waals surface area contributed by atoms with Gasteiger partial charge in [-0.15, -0.1) is 0 Å². The topological polar surface area (TPSA) is 84.2 Å². The second-order valence-corrected chi connectivity index (χ2v) is 4.00. The molecular formula is C9H14F3N3O2. The Hall–Kier alpha value is -1.31. The Bertz CT molecular complexity index is 302. The minimum atomic E-state index is -4.44. The summed E-state index contributed by atoms with van der Waals surface area (Å²) in [6, 6.07) is -1.20. The molecule has 1 aliphatic carbocycles. The Morgan fingerprint density at radius 3 is 2.35 bits per heavy atom. The van der Waals surface area contributed by atoms with Crippen molar-refractivity contribution in [1.82, 2.24) is 10.6 Å². The van der Waals surface area contributed by atoms with Crippen LogP contribution in [0.25, 0.3) is 0 Å². The minimum absolute atomic E-state index is 0.0960. The molecule has 0 aliphatic heterocycles. The highest BCUT2D eigenvalue weighted by Crippen LogP contribution is 2.18. The summed E-state index contributed by atoms with van der Waals surface area (Å²) in [6.45, 7) is -1.35. The zero-order chi connectivity index (χ0) is 13.1. The van der Waals surface area contributed by atoms with E-state index in [4.69, 9.17) is 5.73 Å². The first-order valence-electron chi connectivity index (χ1n) is 5.17. The van der Waals surface area contributed by atoms with Crippen molar-refractivity contribution in [2.24, 2.45) is 5.73 Å². The van der Waals surface area contributed by atoms with E-state index in [0.29, 0.717) is 0 Å². The number of nitrogens with two attached hydrogens (primary N) is 1. The van der Waals surface area contributed by atoms with Gasteiger partial charge in [-0.2, -0.15) is 13.2 Å². The smallest absolute Gasteiger partial charge is 0.368 e. The number of hydrogen-bond acceptors (Lipinski definition) is 3. The molecule has 0 radical (unpaired) electrons. The number of carbonyl (C=O) groups is 2. The number of nitrogens with one attached hydrogen (secondary N) is 2. The number of alkyl halides is 3. The molecule has 4 N–H and O–H groups in total. The van der Waals surface area contributed by atoms with Gasteiger partial charge in [-0.3, -0.25) is 14.9 Å². The second kappa shape index (κ2) is 5.35. The Balaban J connectivity index is 2.36. The maximum atomic E-state index is 11.9. The molecule has 0 bridgehead atoms. The van der Waals surface area contributed by atoms with Crippen molar-refractivity contribution in [1.29, 1.82) is 0 Å². The Kier molecular flexibility index (Phi) is 4.33. The van der Waals surface area contributed by atoms with Gasteiger partial charge in [0.15, 0.2) is 0 Å². The van der Waals surface area contributed by atoms with Gasteiger partial charge in [0.1, 0.15) is 0 Å². The molecule has 8 heteroatoms. The number of hydrogen-bond donors (Lipinski definition) is 3. The lowest BCUT2D eigenvalue weighted by molar-refractivity contribution is -0.134. The molecule has 1 aliphatic rings. The van der Waals surface area contributed by atoms with Crippen molar-refractivity contribution >= 4 is 11.8 Å². The van der Waals surface area contributed by atoms with Crippen LogP contribution in [0.5, 0.6) is 0 Å². The predicted octanol–water partition coefficient (Wildman–Crippen LogP) is -0.339. The van der Waals surface area contributed by atoms with E-state index in [1.54, 1.807) is 0 Å². The largest absolute Gasteiger partial charge is 0.401 e. The van der Waals surface area contributed by atoms with Crippen molar-refractivity contribution in [3.8, 4) is 0 Å². The fraction of sp³-hybridized carbons (Fsp3) is 0.778. The van der Waals surface area contributed by atoms with Gasteiger partial charge in [-0.25, -0.2) is 0 Å². The second-order valence-electron chi connectivity index (χ2n) is 4.00. The highest BCUT2D eigenvalue weighted by molar-refractivity contribution is 5.87. The highest BCUT2D eigenvalue weighted by atomic mass is 19.4. The first-order valence-corrected chi connectivity index (χ1v) is 5.17. The summed E-state index contributed by atoms with van der Waals surface area (Å²) in [6.07, 6.45) is -3.09. The zero-order valence-electron chi connectivity index (χ0n) is 9.01. The lowest BCUT2D eigenvalue weighted by atomic mass is 10.2. The van der Waals surface area contributed by atoms with E-state index in [2.05, 4.69) is 5.32 Å². The van der Waals surface area contributed by atoms with Crippen LogP contribution in [0.3, 0.4) is 0 Å². The van der Waals surface area contributed by atoms with Gasteiger partial charge in [0, 0.05) is 6.04 Å². The number of primary amides is 1. The van der Waals surface area contributed by atoms with Crippen LogP contribution in [0, 0.1) is 0 Å². The van der Waals surface area contributed by atoms with E-state index in [1.807, 2.05) is 5.32 Å². The van der Waals surface area contributed by atoms with Crippen molar-refractivity contribution < 1.29 is 22.8 Å². The van der Waals surface area contributed by atoms with Gasteiger partial charge in [-0.05, 0) is 12.8 Å². The van der Waals surface area contributed by atoms with Crippen molar-refractivity contribution in [2.75, 3.05) is 6.54 Å². The maximum Gasteiger partial charge on any atom is 0.401 e. The molecule has 98 valence electrons. The summed E-state index contributed by atoms with van der Waals surface area (Å²) >= 11 is 0. The van der Waals surface area contributed by atoms with Gasteiger partial charge in [-0.1, -0.05) is 0 Å². The van der Waals surface area contributed by atoms with Crippen LogP contribution in [-0.4, -0.2) is 36.6 Å². The number of amides is 2. The average molecular weight is 253 g/mol. The van der Waals surface area contributed by atoms with Crippen LogP contribution in [0.15, 0.2) is 0 Å². The van der Waals surface area contributed by atoms with Crippen molar-refractivity contribution in [3.05, 3.63) is 0 Å². The lowest BCUT2D eigenvalue weighted by Crippen LogP contribution is -2.47. The highest BCUT2D eigenvalue weighted by Gasteiger charge is 2.31. The molecule has 0 heterocycles. The van der Waals surface area contributed by atoms with Gasteiger partial charge >= 0.3 is 6.18 Å². The number of rotatable bonds is 6. The van der Waals surface area contributed by atoms with Gasteiger partial charge < -0.3 is 11.1 Å². The van der Waals surface area contributed by atoms with E-state index in [9.17, 15) is 22.8 Å². The first-order chi connectivity index (χ1) is 7.78. The third-order valence-corrected chi connectivity index (χ3v) is 2.22.